The molecule has 1 aliphatic rings. The van der Waals surface area contributed by atoms with Gasteiger partial charge in [-0.25, -0.2) is 19.7 Å². The molecule has 1 saturated heterocycles. The van der Waals surface area contributed by atoms with Gasteiger partial charge in [-0.2, -0.15) is 0 Å². The molecule has 0 bridgehead atoms. The monoisotopic (exact) mass is 478 g/mol. The van der Waals surface area contributed by atoms with Crippen LogP contribution in [0.3, 0.4) is 0 Å². The van der Waals surface area contributed by atoms with E-state index in [0.717, 1.165) is 23.9 Å². The quantitative estimate of drug-likeness (QED) is 0.385. The van der Waals surface area contributed by atoms with Crippen LogP contribution < -0.4 is 15.9 Å². The van der Waals surface area contributed by atoms with Crippen LogP contribution in [0.2, 0.25) is 0 Å². The Morgan fingerprint density at radius 1 is 1.23 bits per heavy atom. The zero-order valence-electron chi connectivity index (χ0n) is 20.2. The SMILES string of the molecule is CCn1c(C(=O)NCC(C)(C)O)nc2c(N3CCC(n4c(=O)[nH]c5ccccc54)CC3)ncnc21. The topological polar surface area (TPSA) is 134 Å². The van der Waals surface area contributed by atoms with Gasteiger partial charge in [-0.3, -0.25) is 9.36 Å². The number of imidazole rings is 2. The molecule has 1 aliphatic heterocycles. The lowest BCUT2D eigenvalue weighted by molar-refractivity contribution is 0.0687. The second kappa shape index (κ2) is 8.81. The van der Waals surface area contributed by atoms with Crippen LogP contribution in [0.4, 0.5) is 5.82 Å². The predicted octanol–water partition coefficient (Wildman–Crippen LogP) is 1.83. The number of aromatic nitrogens is 6. The van der Waals surface area contributed by atoms with Gasteiger partial charge < -0.3 is 24.9 Å². The lowest BCUT2D eigenvalue weighted by atomic mass is 10.0. The summed E-state index contributed by atoms with van der Waals surface area (Å²) in [5, 5.41) is 12.7. The smallest absolute Gasteiger partial charge is 0.326 e. The Bertz CT molecular complexity index is 1440. The molecule has 1 aromatic carbocycles. The predicted molar refractivity (Wildman–Crippen MR) is 133 cm³/mol. The van der Waals surface area contributed by atoms with Crippen molar-refractivity contribution in [3.8, 4) is 0 Å². The van der Waals surface area contributed by atoms with Crippen molar-refractivity contribution in [2.24, 2.45) is 0 Å². The van der Waals surface area contributed by atoms with Gasteiger partial charge in [-0.15, -0.1) is 0 Å². The van der Waals surface area contributed by atoms with Gasteiger partial charge >= 0.3 is 5.69 Å². The van der Waals surface area contributed by atoms with Crippen LogP contribution >= 0.6 is 0 Å². The molecular formula is C24H30N8O3. The summed E-state index contributed by atoms with van der Waals surface area (Å²) in [5.41, 5.74) is 1.83. The molecule has 11 heteroatoms. The minimum absolute atomic E-state index is 0.0857. The van der Waals surface area contributed by atoms with Crippen LogP contribution in [-0.2, 0) is 6.54 Å². The summed E-state index contributed by atoms with van der Waals surface area (Å²) in [5.74, 6) is 0.563. The van der Waals surface area contributed by atoms with Crippen LogP contribution in [0, 0.1) is 0 Å². The van der Waals surface area contributed by atoms with Gasteiger partial charge in [-0.05, 0) is 45.7 Å². The normalized spacial score (nSPS) is 15.3. The Balaban J connectivity index is 1.41. The van der Waals surface area contributed by atoms with E-state index in [2.05, 4.69) is 30.2 Å². The van der Waals surface area contributed by atoms with E-state index in [4.69, 9.17) is 0 Å². The van der Waals surface area contributed by atoms with E-state index in [1.807, 2.05) is 35.8 Å². The summed E-state index contributed by atoms with van der Waals surface area (Å²) in [6.07, 6.45) is 3.06. The minimum atomic E-state index is -1.03. The summed E-state index contributed by atoms with van der Waals surface area (Å²) in [4.78, 5) is 44.1. The number of aliphatic hydroxyl groups is 1. The highest BCUT2D eigenvalue weighted by Crippen LogP contribution is 2.30. The van der Waals surface area contributed by atoms with Gasteiger partial charge in [-0.1, -0.05) is 12.1 Å². The second-order valence-electron chi connectivity index (χ2n) is 9.58. The van der Waals surface area contributed by atoms with E-state index >= 15 is 0 Å². The molecule has 11 nitrogen and oxygen atoms in total. The maximum absolute atomic E-state index is 12.8. The van der Waals surface area contributed by atoms with Crippen molar-refractivity contribution in [1.29, 1.82) is 0 Å². The Labute approximate surface area is 201 Å². The zero-order chi connectivity index (χ0) is 24.7. The molecule has 0 spiro atoms. The van der Waals surface area contributed by atoms with Crippen LogP contribution in [-0.4, -0.2) is 65.3 Å². The lowest BCUT2D eigenvalue weighted by Gasteiger charge is -2.33. The van der Waals surface area contributed by atoms with E-state index in [1.54, 1.807) is 18.4 Å². The number of hydrogen-bond donors (Lipinski definition) is 3. The Kier molecular flexibility index (Phi) is 5.79. The Morgan fingerprint density at radius 2 is 1.97 bits per heavy atom. The average Bonchev–Trinajstić information content (AvgIpc) is 3.39. The molecule has 0 unspecified atom stereocenters. The number of amides is 1. The fraction of sp³-hybridized carbons (Fsp3) is 0.458. The first-order chi connectivity index (χ1) is 16.8. The Morgan fingerprint density at radius 3 is 2.69 bits per heavy atom. The fourth-order valence-electron chi connectivity index (χ4n) is 4.78. The van der Waals surface area contributed by atoms with E-state index in [0.29, 0.717) is 36.6 Å². The summed E-state index contributed by atoms with van der Waals surface area (Å²) in [6, 6.07) is 7.83. The number of anilines is 1. The maximum atomic E-state index is 12.8. The van der Waals surface area contributed by atoms with Crippen LogP contribution in [0.1, 0.15) is 50.3 Å². The molecule has 0 aliphatic carbocycles. The van der Waals surface area contributed by atoms with Gasteiger partial charge in [0.05, 0.1) is 16.6 Å². The van der Waals surface area contributed by atoms with Crippen LogP contribution in [0.15, 0.2) is 35.4 Å². The molecule has 0 radical (unpaired) electrons. The summed E-state index contributed by atoms with van der Waals surface area (Å²) >= 11 is 0. The first-order valence-corrected chi connectivity index (χ1v) is 11.9. The number of fused-ring (bicyclic) bond motifs is 2. The van der Waals surface area contributed by atoms with Crippen molar-refractivity contribution in [3.05, 3.63) is 46.9 Å². The molecule has 35 heavy (non-hydrogen) atoms. The third-order valence-corrected chi connectivity index (χ3v) is 6.47. The molecule has 5 rings (SSSR count). The molecule has 1 fully saturated rings. The number of rotatable bonds is 6. The molecule has 0 atom stereocenters. The second-order valence-corrected chi connectivity index (χ2v) is 9.58. The number of piperidine rings is 1. The van der Waals surface area contributed by atoms with Crippen LogP contribution in [0.5, 0.6) is 0 Å². The van der Waals surface area contributed by atoms with Gasteiger partial charge in [0.25, 0.3) is 5.91 Å². The van der Waals surface area contributed by atoms with Crippen molar-refractivity contribution in [1.82, 2.24) is 34.4 Å². The molecule has 0 saturated carbocycles. The van der Waals surface area contributed by atoms with Crippen molar-refractivity contribution < 1.29 is 9.90 Å². The number of H-pyrrole nitrogens is 1. The molecule has 184 valence electrons. The number of carbonyl (C=O) groups excluding carboxylic acids is 1. The highest BCUT2D eigenvalue weighted by atomic mass is 16.3. The molecule has 4 heterocycles. The first-order valence-electron chi connectivity index (χ1n) is 11.9. The number of para-hydroxylation sites is 2. The van der Waals surface area contributed by atoms with E-state index in [9.17, 15) is 14.7 Å². The highest BCUT2D eigenvalue weighted by molar-refractivity contribution is 5.96. The van der Waals surface area contributed by atoms with Crippen molar-refractivity contribution in [2.45, 2.75) is 51.8 Å². The van der Waals surface area contributed by atoms with Gasteiger partial charge in [0.1, 0.15) is 6.33 Å². The number of nitrogens with one attached hydrogen (secondary N) is 2. The number of aryl methyl sites for hydroxylation is 1. The number of carbonyl (C=O) groups is 1. The molecule has 4 aromatic rings. The number of aromatic amines is 1. The van der Waals surface area contributed by atoms with E-state index in [1.165, 1.54) is 6.33 Å². The zero-order valence-corrected chi connectivity index (χ0v) is 20.2. The number of hydrogen-bond acceptors (Lipinski definition) is 7. The first kappa shape index (κ1) is 23.0. The van der Waals surface area contributed by atoms with E-state index < -0.39 is 5.60 Å². The van der Waals surface area contributed by atoms with Crippen molar-refractivity contribution >= 4 is 33.9 Å². The third-order valence-electron chi connectivity index (χ3n) is 6.47. The largest absolute Gasteiger partial charge is 0.389 e. The van der Waals surface area contributed by atoms with Gasteiger partial charge in [0.2, 0.25) is 5.82 Å². The van der Waals surface area contributed by atoms with Crippen molar-refractivity contribution in [2.75, 3.05) is 24.5 Å². The molecular weight excluding hydrogens is 448 g/mol. The van der Waals surface area contributed by atoms with Crippen LogP contribution in [0.25, 0.3) is 22.2 Å². The maximum Gasteiger partial charge on any atom is 0.326 e. The molecule has 1 amide bonds. The standard InChI is InChI=1S/C24H30N8O3/c1-4-31-20-18(29-21(31)22(33)25-13-24(2,3)35)19(26-14-27-20)30-11-9-15(10-12-30)32-17-8-6-5-7-16(17)28-23(32)34/h5-8,14-15,35H,4,9-13H2,1-3H3,(H,25,33)(H,28,34). The van der Waals surface area contributed by atoms with Gasteiger partial charge in [0.15, 0.2) is 17.0 Å². The van der Waals surface area contributed by atoms with Crippen molar-refractivity contribution in [3.63, 3.8) is 0 Å². The molecule has 3 N–H and O–H groups in total. The summed E-state index contributed by atoms with van der Waals surface area (Å²) in [7, 11) is 0. The molecule has 3 aromatic heterocycles. The third kappa shape index (κ3) is 4.27. The minimum Gasteiger partial charge on any atom is -0.389 e. The fourth-order valence-corrected chi connectivity index (χ4v) is 4.78. The Hall–Kier alpha value is -3.73. The van der Waals surface area contributed by atoms with E-state index in [-0.39, 0.29) is 30.0 Å². The number of nitrogens with zero attached hydrogens (tertiary/aromatic N) is 6. The summed E-state index contributed by atoms with van der Waals surface area (Å²) < 4.78 is 3.62. The highest BCUT2D eigenvalue weighted by Gasteiger charge is 2.28. The number of benzene rings is 1. The lowest BCUT2D eigenvalue weighted by Crippen LogP contribution is -2.39. The summed E-state index contributed by atoms with van der Waals surface area (Å²) in [6.45, 7) is 7.22. The van der Waals surface area contributed by atoms with Gasteiger partial charge in [0, 0.05) is 32.2 Å². The average molecular weight is 479 g/mol.